The largest absolute Gasteiger partial charge is 0.207 e. The third kappa shape index (κ3) is 4.43. The van der Waals surface area contributed by atoms with Gasteiger partial charge in [0, 0.05) is 0 Å². The standard InChI is InChI=1S/C20H14F2N2/c21-17-5-1-3-15(13-17)7-9-19-11-12-20(24-23-19)10-8-16-4-2-6-18(22)14-16/h1-14H/b9-7+,10-8+. The van der Waals surface area contributed by atoms with Crippen LogP contribution in [0, 0.1) is 11.6 Å². The molecule has 0 radical (unpaired) electrons. The summed E-state index contributed by atoms with van der Waals surface area (Å²) in [7, 11) is 0. The zero-order valence-corrected chi connectivity index (χ0v) is 12.7. The monoisotopic (exact) mass is 320 g/mol. The minimum atomic E-state index is -0.277. The van der Waals surface area contributed by atoms with Crippen LogP contribution in [0.4, 0.5) is 8.78 Å². The molecule has 0 aliphatic rings. The summed E-state index contributed by atoms with van der Waals surface area (Å²) in [6.07, 6.45) is 7.08. The van der Waals surface area contributed by atoms with Gasteiger partial charge in [0.25, 0.3) is 0 Å². The first-order valence-corrected chi connectivity index (χ1v) is 7.40. The summed E-state index contributed by atoms with van der Waals surface area (Å²) in [5, 5.41) is 8.18. The molecule has 0 aliphatic heterocycles. The van der Waals surface area contributed by atoms with E-state index in [4.69, 9.17) is 0 Å². The summed E-state index contributed by atoms with van der Waals surface area (Å²) in [6.45, 7) is 0. The summed E-state index contributed by atoms with van der Waals surface area (Å²) >= 11 is 0. The molecule has 0 fully saturated rings. The van der Waals surface area contributed by atoms with E-state index in [1.807, 2.05) is 24.3 Å². The number of rotatable bonds is 4. The second-order valence-electron chi connectivity index (χ2n) is 5.16. The molecule has 0 spiro atoms. The zero-order chi connectivity index (χ0) is 16.8. The maximum Gasteiger partial charge on any atom is 0.123 e. The lowest BCUT2D eigenvalue weighted by Crippen LogP contribution is -1.88. The molecule has 3 aromatic rings. The van der Waals surface area contributed by atoms with Crippen molar-refractivity contribution in [2.75, 3.05) is 0 Å². The lowest BCUT2D eigenvalue weighted by atomic mass is 10.2. The number of halogens is 2. The van der Waals surface area contributed by atoms with Crippen molar-refractivity contribution < 1.29 is 8.78 Å². The Morgan fingerprint density at radius 1 is 0.583 bits per heavy atom. The van der Waals surface area contributed by atoms with Crippen molar-refractivity contribution in [2.24, 2.45) is 0 Å². The van der Waals surface area contributed by atoms with E-state index in [-0.39, 0.29) is 11.6 Å². The summed E-state index contributed by atoms with van der Waals surface area (Å²) < 4.78 is 26.2. The number of benzene rings is 2. The van der Waals surface area contributed by atoms with Gasteiger partial charge in [-0.3, -0.25) is 0 Å². The van der Waals surface area contributed by atoms with E-state index in [1.165, 1.54) is 24.3 Å². The van der Waals surface area contributed by atoms with Crippen LogP contribution in [0.5, 0.6) is 0 Å². The van der Waals surface area contributed by atoms with Gasteiger partial charge in [-0.2, -0.15) is 10.2 Å². The number of hydrogen-bond donors (Lipinski definition) is 0. The van der Waals surface area contributed by atoms with Crippen LogP contribution in [0.2, 0.25) is 0 Å². The van der Waals surface area contributed by atoms with Crippen LogP contribution in [0.25, 0.3) is 24.3 Å². The highest BCUT2D eigenvalue weighted by molar-refractivity contribution is 5.70. The molecule has 0 unspecified atom stereocenters. The number of aromatic nitrogens is 2. The Morgan fingerprint density at radius 3 is 1.42 bits per heavy atom. The Kier molecular flexibility index (Phi) is 4.87. The summed E-state index contributed by atoms with van der Waals surface area (Å²) in [5.74, 6) is -0.554. The Morgan fingerprint density at radius 2 is 1.04 bits per heavy atom. The third-order valence-electron chi connectivity index (χ3n) is 3.30. The van der Waals surface area contributed by atoms with Crippen LogP contribution in [-0.2, 0) is 0 Å². The van der Waals surface area contributed by atoms with Gasteiger partial charge in [0.2, 0.25) is 0 Å². The van der Waals surface area contributed by atoms with Gasteiger partial charge in [0.1, 0.15) is 11.6 Å². The van der Waals surface area contributed by atoms with Gasteiger partial charge in [-0.25, -0.2) is 8.78 Å². The molecule has 3 rings (SSSR count). The molecule has 24 heavy (non-hydrogen) atoms. The minimum absolute atomic E-state index is 0.277. The predicted molar refractivity (Wildman–Crippen MR) is 92.7 cm³/mol. The summed E-state index contributed by atoms with van der Waals surface area (Å²) in [4.78, 5) is 0. The lowest BCUT2D eigenvalue weighted by Gasteiger charge is -1.96. The van der Waals surface area contributed by atoms with Gasteiger partial charge in [0.15, 0.2) is 0 Å². The Bertz CT molecular complexity index is 810. The van der Waals surface area contributed by atoms with E-state index in [1.54, 1.807) is 36.4 Å². The molecule has 1 heterocycles. The van der Waals surface area contributed by atoms with Crippen molar-refractivity contribution >= 4 is 24.3 Å². The fourth-order valence-corrected chi connectivity index (χ4v) is 2.11. The zero-order valence-electron chi connectivity index (χ0n) is 12.7. The van der Waals surface area contributed by atoms with Crippen LogP contribution in [0.1, 0.15) is 22.5 Å². The van der Waals surface area contributed by atoms with Crippen molar-refractivity contribution in [1.82, 2.24) is 10.2 Å². The topological polar surface area (TPSA) is 25.8 Å². The molecule has 0 N–H and O–H groups in total. The molecule has 0 bridgehead atoms. The van der Waals surface area contributed by atoms with Crippen LogP contribution < -0.4 is 0 Å². The molecule has 0 atom stereocenters. The van der Waals surface area contributed by atoms with Gasteiger partial charge in [-0.15, -0.1) is 0 Å². The molecule has 2 aromatic carbocycles. The van der Waals surface area contributed by atoms with E-state index in [0.29, 0.717) is 11.4 Å². The van der Waals surface area contributed by atoms with E-state index >= 15 is 0 Å². The van der Waals surface area contributed by atoms with Crippen LogP contribution in [-0.4, -0.2) is 10.2 Å². The first-order valence-electron chi connectivity index (χ1n) is 7.40. The maximum absolute atomic E-state index is 13.1. The predicted octanol–water partition coefficient (Wildman–Crippen LogP) is 5.10. The van der Waals surface area contributed by atoms with Gasteiger partial charge in [-0.05, 0) is 59.7 Å². The second-order valence-corrected chi connectivity index (χ2v) is 5.16. The summed E-state index contributed by atoms with van der Waals surface area (Å²) in [5.41, 5.74) is 2.85. The van der Waals surface area contributed by atoms with Crippen LogP contribution >= 0.6 is 0 Å². The van der Waals surface area contributed by atoms with Gasteiger partial charge < -0.3 is 0 Å². The highest BCUT2D eigenvalue weighted by atomic mass is 19.1. The van der Waals surface area contributed by atoms with Crippen molar-refractivity contribution in [3.05, 3.63) is 94.8 Å². The Balaban J connectivity index is 1.69. The molecule has 2 nitrogen and oxygen atoms in total. The molecule has 0 aliphatic carbocycles. The molecule has 0 saturated carbocycles. The lowest BCUT2D eigenvalue weighted by molar-refractivity contribution is 0.627. The van der Waals surface area contributed by atoms with Crippen molar-refractivity contribution in [3.8, 4) is 0 Å². The molecule has 118 valence electrons. The fourth-order valence-electron chi connectivity index (χ4n) is 2.11. The van der Waals surface area contributed by atoms with Gasteiger partial charge in [0.05, 0.1) is 11.4 Å². The number of hydrogen-bond acceptors (Lipinski definition) is 2. The molecule has 1 aromatic heterocycles. The molecule has 0 saturated heterocycles. The quantitative estimate of drug-likeness (QED) is 0.668. The fraction of sp³-hybridized carbons (Fsp3) is 0. The van der Waals surface area contributed by atoms with Gasteiger partial charge >= 0.3 is 0 Å². The van der Waals surface area contributed by atoms with Gasteiger partial charge in [-0.1, -0.05) is 36.4 Å². The van der Waals surface area contributed by atoms with E-state index in [2.05, 4.69) is 10.2 Å². The van der Waals surface area contributed by atoms with Crippen molar-refractivity contribution in [1.29, 1.82) is 0 Å². The summed E-state index contributed by atoms with van der Waals surface area (Å²) in [6, 6.07) is 16.2. The van der Waals surface area contributed by atoms with Crippen molar-refractivity contribution in [2.45, 2.75) is 0 Å². The molecular formula is C20H14F2N2. The first kappa shape index (κ1) is 15.7. The minimum Gasteiger partial charge on any atom is -0.207 e. The molecule has 4 heteroatoms. The Labute approximate surface area is 138 Å². The van der Waals surface area contributed by atoms with E-state index in [9.17, 15) is 8.78 Å². The average Bonchev–Trinajstić information content (AvgIpc) is 2.59. The third-order valence-corrected chi connectivity index (χ3v) is 3.30. The highest BCUT2D eigenvalue weighted by Gasteiger charge is 1.95. The first-order chi connectivity index (χ1) is 11.7. The van der Waals surface area contributed by atoms with Crippen LogP contribution in [0.15, 0.2) is 60.7 Å². The average molecular weight is 320 g/mol. The van der Waals surface area contributed by atoms with Crippen molar-refractivity contribution in [3.63, 3.8) is 0 Å². The maximum atomic E-state index is 13.1. The highest BCUT2D eigenvalue weighted by Crippen LogP contribution is 2.10. The number of nitrogens with zero attached hydrogens (tertiary/aromatic N) is 2. The van der Waals surface area contributed by atoms with E-state index < -0.39 is 0 Å². The second kappa shape index (κ2) is 7.42. The molecular weight excluding hydrogens is 306 g/mol. The normalized spacial score (nSPS) is 11.4. The Hall–Kier alpha value is -3.14. The SMILES string of the molecule is Fc1cccc(/C=C/c2ccc(/C=C/c3cccc(F)c3)nn2)c1. The van der Waals surface area contributed by atoms with Crippen LogP contribution in [0.3, 0.4) is 0 Å². The van der Waals surface area contributed by atoms with E-state index in [0.717, 1.165) is 11.1 Å². The smallest absolute Gasteiger partial charge is 0.123 e. The molecule has 0 amide bonds.